The topological polar surface area (TPSA) is 130 Å². The molecule has 0 spiro atoms. The highest BCUT2D eigenvalue weighted by molar-refractivity contribution is 6.11. The van der Waals surface area contributed by atoms with Gasteiger partial charge in [-0.2, -0.15) is 5.10 Å². The number of rotatable bonds is 5. The number of nitro groups is 1. The minimum atomic E-state index is -0.622. The molecule has 2 amide bonds. The van der Waals surface area contributed by atoms with Gasteiger partial charge in [-0.1, -0.05) is 18.2 Å². The van der Waals surface area contributed by atoms with E-state index in [2.05, 4.69) is 15.5 Å². The van der Waals surface area contributed by atoms with Crippen molar-refractivity contribution in [1.29, 1.82) is 0 Å². The van der Waals surface area contributed by atoms with Crippen molar-refractivity contribution in [2.75, 3.05) is 12.4 Å². The molecule has 0 saturated carbocycles. The number of carbonyl (C=O) groups excluding carboxylic acids is 2. The zero-order chi connectivity index (χ0) is 22.8. The smallest absolute Gasteiger partial charge is 0.410 e. The van der Waals surface area contributed by atoms with E-state index in [9.17, 15) is 19.7 Å². The van der Waals surface area contributed by atoms with Crippen LogP contribution >= 0.6 is 0 Å². The van der Waals surface area contributed by atoms with Crippen LogP contribution in [-0.4, -0.2) is 44.7 Å². The molecule has 0 radical (unpaired) electrons. The molecule has 0 aliphatic rings. The summed E-state index contributed by atoms with van der Waals surface area (Å²) in [6, 6.07) is 11.2. The number of para-hydroxylation sites is 1. The highest BCUT2D eigenvalue weighted by Gasteiger charge is 2.22. The number of hydrogen-bond acceptors (Lipinski definition) is 6. The Morgan fingerprint density at radius 2 is 1.94 bits per heavy atom. The summed E-state index contributed by atoms with van der Waals surface area (Å²) in [6.45, 7) is 5.56. The van der Waals surface area contributed by atoms with E-state index >= 15 is 0 Å². The molecular weight excluding hydrogens is 402 g/mol. The predicted molar refractivity (Wildman–Crippen MR) is 115 cm³/mol. The van der Waals surface area contributed by atoms with Crippen molar-refractivity contribution in [2.24, 2.45) is 0 Å². The van der Waals surface area contributed by atoms with Crippen LogP contribution in [0.5, 0.6) is 0 Å². The molecule has 2 aromatic carbocycles. The molecule has 0 unspecified atom stereocenters. The second kappa shape index (κ2) is 8.42. The molecule has 0 bridgehead atoms. The van der Waals surface area contributed by atoms with Crippen LogP contribution in [0.4, 0.5) is 16.2 Å². The van der Waals surface area contributed by atoms with Crippen LogP contribution in [0, 0.1) is 10.1 Å². The maximum absolute atomic E-state index is 12.9. The molecule has 10 nitrogen and oxygen atoms in total. The number of carbonyl (C=O) groups is 2. The zero-order valence-corrected chi connectivity index (χ0v) is 17.6. The number of amides is 2. The Bertz CT molecular complexity index is 1150. The highest BCUT2D eigenvalue weighted by Crippen LogP contribution is 2.24. The van der Waals surface area contributed by atoms with Crippen molar-refractivity contribution in [3.05, 3.63) is 63.8 Å². The lowest BCUT2D eigenvalue weighted by Gasteiger charge is -2.25. The molecule has 0 aliphatic carbocycles. The van der Waals surface area contributed by atoms with Gasteiger partial charge < -0.3 is 15.0 Å². The summed E-state index contributed by atoms with van der Waals surface area (Å²) in [4.78, 5) is 37.1. The number of ether oxygens (including phenoxy) is 1. The Labute approximate surface area is 178 Å². The number of anilines is 1. The lowest BCUT2D eigenvalue weighted by atomic mass is 10.1. The van der Waals surface area contributed by atoms with Gasteiger partial charge in [-0.15, -0.1) is 0 Å². The standard InChI is InChI=1S/C21H23N5O5/c1-21(2,3)31-20(28)25(4)12-13-7-5-6-8-16(13)22-19(27)18-15-11-14(26(29)30)9-10-17(15)23-24-18/h5-11H,12H2,1-4H3,(H,22,27)(H,23,24). The molecule has 0 saturated heterocycles. The average molecular weight is 425 g/mol. The molecule has 2 N–H and O–H groups in total. The number of nitrogens with one attached hydrogen (secondary N) is 2. The van der Waals surface area contributed by atoms with Crippen LogP contribution in [-0.2, 0) is 11.3 Å². The van der Waals surface area contributed by atoms with Gasteiger partial charge in [-0.3, -0.25) is 20.0 Å². The number of nitrogens with zero attached hydrogens (tertiary/aromatic N) is 3. The van der Waals surface area contributed by atoms with E-state index in [0.717, 1.165) is 0 Å². The minimum Gasteiger partial charge on any atom is -0.444 e. The normalized spacial score (nSPS) is 11.2. The first-order valence-electron chi connectivity index (χ1n) is 9.51. The molecule has 1 heterocycles. The first kappa shape index (κ1) is 21.8. The van der Waals surface area contributed by atoms with Crippen LogP contribution < -0.4 is 5.32 Å². The number of non-ortho nitro benzene ring substituents is 1. The SMILES string of the molecule is CN(Cc1ccccc1NC(=O)c1n[nH]c2ccc([N+](=O)[O-])cc12)C(=O)OC(C)(C)C. The van der Waals surface area contributed by atoms with E-state index < -0.39 is 22.5 Å². The first-order chi connectivity index (χ1) is 14.5. The van der Waals surface area contributed by atoms with Gasteiger partial charge in [-0.05, 0) is 38.5 Å². The molecule has 10 heteroatoms. The largest absolute Gasteiger partial charge is 0.444 e. The van der Waals surface area contributed by atoms with Crippen molar-refractivity contribution in [1.82, 2.24) is 15.1 Å². The number of benzene rings is 2. The Balaban J connectivity index is 1.82. The second-order valence-electron chi connectivity index (χ2n) is 8.01. The lowest BCUT2D eigenvalue weighted by Crippen LogP contribution is -2.34. The van der Waals surface area contributed by atoms with Crippen LogP contribution in [0.2, 0.25) is 0 Å². The molecule has 3 rings (SSSR count). The van der Waals surface area contributed by atoms with Gasteiger partial charge in [0.2, 0.25) is 0 Å². The van der Waals surface area contributed by atoms with Gasteiger partial charge >= 0.3 is 6.09 Å². The monoisotopic (exact) mass is 425 g/mol. The first-order valence-corrected chi connectivity index (χ1v) is 9.51. The van der Waals surface area contributed by atoms with Crippen molar-refractivity contribution in [3.8, 4) is 0 Å². The lowest BCUT2D eigenvalue weighted by molar-refractivity contribution is -0.384. The molecule has 1 aromatic heterocycles. The van der Waals surface area contributed by atoms with E-state index in [-0.39, 0.29) is 17.9 Å². The summed E-state index contributed by atoms with van der Waals surface area (Å²) in [6.07, 6.45) is -0.487. The summed E-state index contributed by atoms with van der Waals surface area (Å²) in [5, 5.41) is 20.9. The summed E-state index contributed by atoms with van der Waals surface area (Å²) in [7, 11) is 1.60. The fourth-order valence-electron chi connectivity index (χ4n) is 2.91. The quantitative estimate of drug-likeness (QED) is 0.468. The number of aromatic amines is 1. The number of nitro benzene ring substituents is 1. The average Bonchev–Trinajstić information content (AvgIpc) is 3.11. The Hall–Kier alpha value is -3.95. The fourth-order valence-corrected chi connectivity index (χ4v) is 2.91. The van der Waals surface area contributed by atoms with E-state index in [0.29, 0.717) is 22.2 Å². The van der Waals surface area contributed by atoms with Crippen LogP contribution in [0.3, 0.4) is 0 Å². The molecule has 162 valence electrons. The number of aromatic nitrogens is 2. The highest BCUT2D eigenvalue weighted by atomic mass is 16.6. The van der Waals surface area contributed by atoms with E-state index in [1.54, 1.807) is 52.1 Å². The Kier molecular flexibility index (Phi) is 5.91. The second-order valence-corrected chi connectivity index (χ2v) is 8.01. The van der Waals surface area contributed by atoms with Gasteiger partial charge in [0.05, 0.1) is 17.0 Å². The van der Waals surface area contributed by atoms with Crippen molar-refractivity contribution in [2.45, 2.75) is 32.9 Å². The number of H-pyrrole nitrogens is 1. The molecule has 31 heavy (non-hydrogen) atoms. The molecule has 0 fully saturated rings. The molecule has 3 aromatic rings. The van der Waals surface area contributed by atoms with Gasteiger partial charge in [0.15, 0.2) is 5.69 Å². The zero-order valence-electron chi connectivity index (χ0n) is 17.6. The third-order valence-corrected chi connectivity index (χ3v) is 4.35. The number of hydrogen-bond donors (Lipinski definition) is 2. The summed E-state index contributed by atoms with van der Waals surface area (Å²) in [5.74, 6) is -0.529. The van der Waals surface area contributed by atoms with Gasteiger partial charge in [0.25, 0.3) is 11.6 Å². The molecule has 0 atom stereocenters. The maximum Gasteiger partial charge on any atom is 0.410 e. The number of fused-ring (bicyclic) bond motifs is 1. The predicted octanol–water partition coefficient (Wildman–Crippen LogP) is 4.09. The third-order valence-electron chi connectivity index (χ3n) is 4.35. The summed E-state index contributed by atoms with van der Waals surface area (Å²) in [5.41, 5.74) is 0.965. The summed E-state index contributed by atoms with van der Waals surface area (Å²) < 4.78 is 5.36. The van der Waals surface area contributed by atoms with Crippen molar-refractivity contribution < 1.29 is 19.2 Å². The molecular formula is C21H23N5O5. The maximum atomic E-state index is 12.9. The van der Waals surface area contributed by atoms with Crippen LogP contribution in [0.1, 0.15) is 36.8 Å². The molecule has 0 aliphatic heterocycles. The summed E-state index contributed by atoms with van der Waals surface area (Å²) >= 11 is 0. The minimum absolute atomic E-state index is 0.0361. The Morgan fingerprint density at radius 3 is 2.61 bits per heavy atom. The van der Waals surface area contributed by atoms with E-state index in [4.69, 9.17) is 4.74 Å². The van der Waals surface area contributed by atoms with Crippen molar-refractivity contribution >= 4 is 34.3 Å². The van der Waals surface area contributed by atoms with Gasteiger partial charge in [-0.25, -0.2) is 4.79 Å². The van der Waals surface area contributed by atoms with Gasteiger partial charge in [0, 0.05) is 30.3 Å². The van der Waals surface area contributed by atoms with Gasteiger partial charge in [0.1, 0.15) is 5.60 Å². The third kappa shape index (κ3) is 5.16. The Morgan fingerprint density at radius 1 is 1.23 bits per heavy atom. The van der Waals surface area contributed by atoms with Crippen molar-refractivity contribution in [3.63, 3.8) is 0 Å². The van der Waals surface area contributed by atoms with Crippen LogP contribution in [0.25, 0.3) is 10.9 Å². The van der Waals surface area contributed by atoms with E-state index in [1.165, 1.54) is 23.1 Å². The fraction of sp³-hybridized carbons (Fsp3) is 0.286. The van der Waals surface area contributed by atoms with E-state index in [1.807, 2.05) is 0 Å². The van der Waals surface area contributed by atoms with Crippen LogP contribution in [0.15, 0.2) is 42.5 Å².